The van der Waals surface area contributed by atoms with Crippen molar-refractivity contribution in [1.82, 2.24) is 5.32 Å². The zero-order chi connectivity index (χ0) is 8.70. The van der Waals surface area contributed by atoms with Crippen LogP contribution in [-0.2, 0) is 4.79 Å². The Morgan fingerprint density at radius 3 is 2.45 bits per heavy atom. The first-order valence-corrected chi connectivity index (χ1v) is 4.03. The van der Waals surface area contributed by atoms with Gasteiger partial charge in [-0.05, 0) is 20.4 Å². The van der Waals surface area contributed by atoms with Crippen LogP contribution in [0.3, 0.4) is 0 Å². The summed E-state index contributed by atoms with van der Waals surface area (Å²) in [5.74, 6) is 0.134. The van der Waals surface area contributed by atoms with Crippen LogP contribution in [0, 0.1) is 0 Å². The van der Waals surface area contributed by atoms with E-state index in [1.165, 1.54) is 0 Å². The van der Waals surface area contributed by atoms with Crippen LogP contribution in [0.25, 0.3) is 0 Å². The van der Waals surface area contributed by atoms with Crippen molar-refractivity contribution in [1.29, 1.82) is 0 Å². The van der Waals surface area contributed by atoms with E-state index in [9.17, 15) is 4.79 Å². The van der Waals surface area contributed by atoms with Gasteiger partial charge in [-0.1, -0.05) is 6.08 Å². The summed E-state index contributed by atoms with van der Waals surface area (Å²) >= 11 is 4.36. The SMILES string of the molecule is C=CC1(S)C[C@]1(NC)C(C)=O. The van der Waals surface area contributed by atoms with E-state index in [4.69, 9.17) is 0 Å². The molecule has 1 aliphatic carbocycles. The average Bonchev–Trinajstić information content (AvgIpc) is 2.59. The Hall–Kier alpha value is -0.280. The van der Waals surface area contributed by atoms with E-state index < -0.39 is 5.54 Å². The molecular weight excluding hydrogens is 158 g/mol. The molecule has 0 aromatic rings. The molecule has 0 radical (unpaired) electrons. The van der Waals surface area contributed by atoms with Gasteiger partial charge < -0.3 is 5.32 Å². The molecule has 0 saturated heterocycles. The molecule has 2 atom stereocenters. The first kappa shape index (κ1) is 8.81. The summed E-state index contributed by atoms with van der Waals surface area (Å²) in [6.45, 7) is 5.23. The monoisotopic (exact) mass is 171 g/mol. The lowest BCUT2D eigenvalue weighted by Crippen LogP contribution is -2.41. The largest absolute Gasteiger partial charge is 0.307 e. The number of thiol groups is 1. The molecule has 0 spiro atoms. The van der Waals surface area contributed by atoms with E-state index in [1.807, 2.05) is 0 Å². The van der Waals surface area contributed by atoms with E-state index >= 15 is 0 Å². The minimum Gasteiger partial charge on any atom is -0.307 e. The number of carbonyl (C=O) groups excluding carboxylic acids is 1. The molecule has 0 aliphatic heterocycles. The molecule has 1 N–H and O–H groups in total. The molecule has 2 nitrogen and oxygen atoms in total. The van der Waals surface area contributed by atoms with Crippen LogP contribution in [0.4, 0.5) is 0 Å². The molecule has 0 bridgehead atoms. The summed E-state index contributed by atoms with van der Waals surface area (Å²) in [6, 6.07) is 0. The van der Waals surface area contributed by atoms with Gasteiger partial charge in [0.25, 0.3) is 0 Å². The first-order valence-electron chi connectivity index (χ1n) is 3.58. The van der Waals surface area contributed by atoms with Gasteiger partial charge in [0.05, 0.1) is 10.3 Å². The fourth-order valence-corrected chi connectivity index (χ4v) is 2.02. The summed E-state index contributed by atoms with van der Waals surface area (Å²) in [5, 5.41) is 3.00. The van der Waals surface area contributed by atoms with Crippen LogP contribution in [0.15, 0.2) is 12.7 Å². The highest BCUT2D eigenvalue weighted by atomic mass is 32.1. The van der Waals surface area contributed by atoms with Crippen molar-refractivity contribution in [2.24, 2.45) is 0 Å². The number of hydrogen-bond donors (Lipinski definition) is 2. The summed E-state index contributed by atoms with van der Waals surface area (Å²) in [4.78, 5) is 11.2. The molecular formula is C8H13NOS. The molecule has 1 aliphatic rings. The van der Waals surface area contributed by atoms with Crippen molar-refractivity contribution in [2.45, 2.75) is 23.6 Å². The van der Waals surface area contributed by atoms with Crippen LogP contribution < -0.4 is 5.32 Å². The van der Waals surface area contributed by atoms with E-state index in [2.05, 4.69) is 24.5 Å². The van der Waals surface area contributed by atoms with Gasteiger partial charge in [-0.15, -0.1) is 6.58 Å². The third-order valence-corrected chi connectivity index (χ3v) is 3.24. The predicted octanol–water partition coefficient (Wildman–Crippen LogP) is 0.792. The van der Waals surface area contributed by atoms with Gasteiger partial charge in [0.1, 0.15) is 0 Å². The Balaban J connectivity index is 2.86. The standard InChI is InChI=1S/C8H13NOS/c1-4-7(11)5-8(7,9-3)6(2)10/h4,9,11H,1,5H2,2-3H3/t7?,8-/m0/s1. The van der Waals surface area contributed by atoms with E-state index in [1.54, 1.807) is 20.0 Å². The normalized spacial score (nSPS) is 41.7. The van der Waals surface area contributed by atoms with Crippen LogP contribution in [-0.4, -0.2) is 23.1 Å². The van der Waals surface area contributed by atoms with Crippen molar-refractivity contribution in [3.63, 3.8) is 0 Å². The van der Waals surface area contributed by atoms with Crippen molar-refractivity contribution in [3.8, 4) is 0 Å². The van der Waals surface area contributed by atoms with E-state index in [-0.39, 0.29) is 10.5 Å². The Bertz CT molecular complexity index is 216. The second-order valence-corrected chi connectivity index (χ2v) is 3.81. The average molecular weight is 171 g/mol. The Kier molecular flexibility index (Phi) is 1.89. The number of ketones is 1. The second kappa shape index (κ2) is 2.35. The number of carbonyl (C=O) groups is 1. The zero-order valence-corrected chi connectivity index (χ0v) is 7.74. The van der Waals surface area contributed by atoms with E-state index in [0.29, 0.717) is 0 Å². The molecule has 3 heteroatoms. The fourth-order valence-electron chi connectivity index (χ4n) is 1.52. The fraction of sp³-hybridized carbons (Fsp3) is 0.625. The maximum atomic E-state index is 11.2. The third kappa shape index (κ3) is 0.948. The number of Topliss-reactive ketones (excluding diaryl/α,β-unsaturated/α-hetero) is 1. The Labute approximate surface area is 72.5 Å². The highest BCUT2D eigenvalue weighted by molar-refractivity contribution is 7.82. The molecule has 1 saturated carbocycles. The number of likely N-dealkylation sites (N-methyl/N-ethyl adjacent to an activating group) is 1. The Morgan fingerprint density at radius 1 is 1.82 bits per heavy atom. The maximum absolute atomic E-state index is 11.2. The molecule has 0 aromatic carbocycles. The smallest absolute Gasteiger partial charge is 0.151 e. The first-order chi connectivity index (χ1) is 5.02. The minimum absolute atomic E-state index is 0.134. The molecule has 0 aromatic heterocycles. The molecule has 1 unspecified atom stereocenters. The van der Waals surface area contributed by atoms with Gasteiger partial charge in [-0.25, -0.2) is 0 Å². The lowest BCUT2D eigenvalue weighted by molar-refractivity contribution is -0.119. The van der Waals surface area contributed by atoms with E-state index in [0.717, 1.165) is 6.42 Å². The van der Waals surface area contributed by atoms with Crippen molar-refractivity contribution in [3.05, 3.63) is 12.7 Å². The van der Waals surface area contributed by atoms with Crippen molar-refractivity contribution in [2.75, 3.05) is 7.05 Å². The second-order valence-electron chi connectivity index (χ2n) is 3.02. The van der Waals surface area contributed by atoms with Crippen LogP contribution in [0.1, 0.15) is 13.3 Å². The van der Waals surface area contributed by atoms with Gasteiger partial charge in [0.2, 0.25) is 0 Å². The van der Waals surface area contributed by atoms with Crippen LogP contribution in [0.2, 0.25) is 0 Å². The van der Waals surface area contributed by atoms with Crippen LogP contribution >= 0.6 is 12.6 Å². The van der Waals surface area contributed by atoms with Gasteiger partial charge in [-0.3, -0.25) is 4.79 Å². The van der Waals surface area contributed by atoms with Crippen LogP contribution in [0.5, 0.6) is 0 Å². The number of rotatable bonds is 3. The quantitative estimate of drug-likeness (QED) is 0.485. The summed E-state index contributed by atoms with van der Waals surface area (Å²) < 4.78 is -0.326. The minimum atomic E-state index is -0.447. The lowest BCUT2D eigenvalue weighted by Gasteiger charge is -2.15. The van der Waals surface area contributed by atoms with Crippen molar-refractivity contribution < 1.29 is 4.79 Å². The molecule has 0 heterocycles. The molecule has 62 valence electrons. The third-order valence-electron chi connectivity index (χ3n) is 2.51. The molecule has 1 rings (SSSR count). The summed E-state index contributed by atoms with van der Waals surface area (Å²) in [7, 11) is 1.78. The molecule has 0 amide bonds. The number of hydrogen-bond acceptors (Lipinski definition) is 3. The number of nitrogens with one attached hydrogen (secondary N) is 1. The molecule has 1 fully saturated rings. The summed E-state index contributed by atoms with van der Waals surface area (Å²) in [5.41, 5.74) is -0.447. The van der Waals surface area contributed by atoms with Gasteiger partial charge in [-0.2, -0.15) is 12.6 Å². The Morgan fingerprint density at radius 2 is 2.36 bits per heavy atom. The van der Waals surface area contributed by atoms with Gasteiger partial charge >= 0.3 is 0 Å². The topological polar surface area (TPSA) is 29.1 Å². The lowest BCUT2D eigenvalue weighted by atomic mass is 10.1. The predicted molar refractivity (Wildman–Crippen MR) is 49.0 cm³/mol. The van der Waals surface area contributed by atoms with Crippen molar-refractivity contribution >= 4 is 18.4 Å². The highest BCUT2D eigenvalue weighted by Gasteiger charge is 2.66. The molecule has 11 heavy (non-hydrogen) atoms. The van der Waals surface area contributed by atoms with Gasteiger partial charge in [0.15, 0.2) is 5.78 Å². The van der Waals surface area contributed by atoms with Gasteiger partial charge in [0, 0.05) is 0 Å². The summed E-state index contributed by atoms with van der Waals surface area (Å²) in [6.07, 6.45) is 2.48. The maximum Gasteiger partial charge on any atom is 0.151 e. The highest BCUT2D eigenvalue weighted by Crippen LogP contribution is 2.54. The zero-order valence-electron chi connectivity index (χ0n) is 6.85.